The maximum atomic E-state index is 14.7. The lowest BCUT2D eigenvalue weighted by Crippen LogP contribution is -2.64. The van der Waals surface area contributed by atoms with Crippen LogP contribution in [-0.4, -0.2) is 147 Å². The van der Waals surface area contributed by atoms with Crippen molar-refractivity contribution in [2.75, 3.05) is 66.9 Å². The summed E-state index contributed by atoms with van der Waals surface area (Å²) >= 11 is 1.38. The second-order valence-electron chi connectivity index (χ2n) is 29.0. The van der Waals surface area contributed by atoms with Gasteiger partial charge in [0.1, 0.15) is 24.5 Å². The highest BCUT2D eigenvalue weighted by molar-refractivity contribution is 7.22. The zero-order valence-corrected chi connectivity index (χ0v) is 57.6. The molecule has 4 bridgehead atoms. The lowest BCUT2D eigenvalue weighted by molar-refractivity contribution is -0.250. The van der Waals surface area contributed by atoms with Crippen molar-refractivity contribution < 1.29 is 57.7 Å². The molecule has 7 amide bonds. The molecule has 7 aliphatic rings. The van der Waals surface area contributed by atoms with Gasteiger partial charge in [-0.25, -0.2) is 19.6 Å². The molecular weight excluding hydrogens is 1270 g/mol. The number of ether oxygens (including phenoxy) is 3. The van der Waals surface area contributed by atoms with Crippen molar-refractivity contribution in [3.8, 4) is 11.1 Å². The molecule has 4 aliphatic carbocycles. The number of thiazole rings is 1. The summed E-state index contributed by atoms with van der Waals surface area (Å²) in [4.78, 5) is 119. The van der Waals surface area contributed by atoms with Crippen LogP contribution >= 0.6 is 11.3 Å². The van der Waals surface area contributed by atoms with E-state index in [0.717, 1.165) is 75.3 Å². The summed E-state index contributed by atoms with van der Waals surface area (Å²) in [5.74, 6) is -3.29. The van der Waals surface area contributed by atoms with Gasteiger partial charge in [-0.05, 0) is 165 Å². The molecule has 25 heteroatoms. The Kier molecular flexibility index (Phi) is 20.0. The van der Waals surface area contributed by atoms with Crippen LogP contribution in [0.5, 0.6) is 0 Å². The predicted molar refractivity (Wildman–Crippen MR) is 371 cm³/mol. The molecule has 3 aliphatic heterocycles. The summed E-state index contributed by atoms with van der Waals surface area (Å²) in [5, 5.41) is 30.6. The van der Waals surface area contributed by atoms with Crippen molar-refractivity contribution >= 4 is 91.4 Å². The number of aromatic carboxylic acids is 1. The van der Waals surface area contributed by atoms with E-state index in [-0.39, 0.29) is 89.2 Å². The minimum Gasteiger partial charge on any atom is -0.476 e. The molecule has 5 fully saturated rings. The zero-order chi connectivity index (χ0) is 69.3. The van der Waals surface area contributed by atoms with E-state index >= 15 is 0 Å². The van der Waals surface area contributed by atoms with Gasteiger partial charge in [-0.15, -0.1) is 0 Å². The molecule has 0 spiro atoms. The molecule has 98 heavy (non-hydrogen) atoms. The van der Waals surface area contributed by atoms with Gasteiger partial charge in [0.05, 0.1) is 41.3 Å². The topological polar surface area (TPSA) is 298 Å². The molecule has 5 atom stereocenters. The molecule has 3 aromatic carbocycles. The van der Waals surface area contributed by atoms with Crippen LogP contribution in [0.2, 0.25) is 0 Å². The summed E-state index contributed by atoms with van der Waals surface area (Å²) in [6.45, 7) is 15.9. The summed E-state index contributed by atoms with van der Waals surface area (Å²) in [6, 6.07) is 20.0. The molecule has 6 heterocycles. The molecule has 13 rings (SSSR count). The second kappa shape index (κ2) is 28.4. The first-order valence-electron chi connectivity index (χ1n) is 34.1. The van der Waals surface area contributed by atoms with E-state index in [2.05, 4.69) is 56.1 Å². The first-order valence-corrected chi connectivity index (χ1v) is 34.9. The van der Waals surface area contributed by atoms with Crippen LogP contribution in [0.3, 0.4) is 0 Å². The van der Waals surface area contributed by atoms with Gasteiger partial charge in [-0.1, -0.05) is 69.7 Å². The van der Waals surface area contributed by atoms with E-state index in [0.29, 0.717) is 105 Å². The van der Waals surface area contributed by atoms with Crippen LogP contribution in [0, 0.1) is 29.1 Å². The summed E-state index contributed by atoms with van der Waals surface area (Å²) < 4.78 is 20.8. The Balaban J connectivity index is 0.658. The van der Waals surface area contributed by atoms with Crippen molar-refractivity contribution in [3.63, 3.8) is 0 Å². The summed E-state index contributed by atoms with van der Waals surface area (Å²) in [6.07, 6.45) is 13.0. The number of aromatic nitrogens is 4. The van der Waals surface area contributed by atoms with Crippen LogP contribution < -0.4 is 36.4 Å². The average molecular weight is 1360 g/mol. The van der Waals surface area contributed by atoms with Gasteiger partial charge in [0.15, 0.2) is 10.8 Å². The van der Waals surface area contributed by atoms with E-state index in [9.17, 15) is 43.5 Å². The molecule has 24 nitrogen and oxygen atoms in total. The Morgan fingerprint density at radius 1 is 0.796 bits per heavy atom. The van der Waals surface area contributed by atoms with Crippen LogP contribution in [-0.2, 0) is 64.3 Å². The molecule has 2 unspecified atom stereocenters. The van der Waals surface area contributed by atoms with Gasteiger partial charge in [0, 0.05) is 98.7 Å². The second-order valence-corrected chi connectivity index (χ2v) is 30.0. The minimum atomic E-state index is -1.15. The number of pyridine rings is 1. The smallest absolute Gasteiger partial charge is 0.407 e. The van der Waals surface area contributed by atoms with Gasteiger partial charge in [-0.3, -0.25) is 43.7 Å². The molecule has 6 N–H and O–H groups in total. The Bertz CT molecular complexity index is 4040. The Labute approximate surface area is 574 Å². The van der Waals surface area contributed by atoms with Crippen molar-refractivity contribution in [1.82, 2.24) is 40.6 Å². The summed E-state index contributed by atoms with van der Waals surface area (Å²) in [7, 11) is 1.71. The number of amides is 7. The number of carbonyl (C=O) groups is 8. The van der Waals surface area contributed by atoms with Crippen molar-refractivity contribution in [2.24, 2.45) is 22.2 Å². The number of methoxy groups -OCH3 is 1. The molecule has 0 radical (unpaired) electrons. The Morgan fingerprint density at radius 3 is 2.28 bits per heavy atom. The van der Waals surface area contributed by atoms with Crippen LogP contribution in [0.15, 0.2) is 91.1 Å². The molecule has 518 valence electrons. The van der Waals surface area contributed by atoms with E-state index < -0.39 is 36.0 Å². The monoisotopic (exact) mass is 1360 g/mol. The highest BCUT2D eigenvalue weighted by atomic mass is 32.1. The van der Waals surface area contributed by atoms with Gasteiger partial charge >= 0.3 is 12.1 Å². The number of benzene rings is 3. The maximum Gasteiger partial charge on any atom is 0.407 e. The molecule has 1 saturated heterocycles. The highest BCUT2D eigenvalue weighted by Gasteiger charge is 2.66. The number of carboxylic acids is 1. The van der Waals surface area contributed by atoms with Gasteiger partial charge < -0.3 is 50.4 Å². The fourth-order valence-corrected chi connectivity index (χ4v) is 17.8. The number of rotatable bonds is 27. The zero-order valence-electron chi connectivity index (χ0n) is 56.8. The molecule has 4 saturated carbocycles. The van der Waals surface area contributed by atoms with Crippen LogP contribution in [0.4, 0.5) is 27.1 Å². The van der Waals surface area contributed by atoms with E-state index in [4.69, 9.17) is 29.3 Å². The molecule has 3 aromatic heterocycles. The fraction of sp³-hybridized carbons (Fsp3) is 0.493. The van der Waals surface area contributed by atoms with Gasteiger partial charge in [0.25, 0.3) is 17.7 Å². The van der Waals surface area contributed by atoms with Crippen molar-refractivity contribution in [1.29, 1.82) is 0 Å². The number of hydrogen-bond acceptors (Lipinski definition) is 17. The quantitative estimate of drug-likeness (QED) is 0.0206. The largest absolute Gasteiger partial charge is 0.476 e. The standard InChI is InChI=1S/C73H88N12O12S/c1-44(2)62(80-59(86)15-9-8-12-26-84-60(87)22-23-61(84)88)66(91)75-45(3)64(89)76-49-18-16-47(17-19-49)36-96-69(94)77-50-25-28-82(34-50)51-31-48-24-27-83(35-55(48)53(32-51)65(90)81-68-78-56-13-10-11-14-57(56)98-68)58-21-20-52(63(79-58)67(92)93)54-33-74-85(46(54)4)43-72-38-70(5)37-71(6,39-72)41-73(40-70,42-72)97-30-29-95-7/h10-11,13-14,16-23,31-33,44-45,50,62H,8-9,12,15,24-30,34-43H2,1-7H3,(H,75,91)(H,76,89)(H,77,94)(H,80,86)(H,92,93)(H,78,81,90)/t45-,50+,62-,70?,71?,72?,73?/m0/s1. The Morgan fingerprint density at radius 2 is 1.55 bits per heavy atom. The number of imide groups is 1. The van der Waals surface area contributed by atoms with E-state index in [1.165, 1.54) is 29.9 Å². The number of carbonyl (C=O) groups excluding carboxylic acids is 7. The Hall–Kier alpha value is -9.07. The van der Waals surface area contributed by atoms with E-state index in [1.807, 2.05) is 54.3 Å². The minimum absolute atomic E-state index is 0.0207. The number of anilines is 4. The van der Waals surface area contributed by atoms with Gasteiger partial charge in [0.2, 0.25) is 17.7 Å². The number of para-hydroxylation sites is 1. The third-order valence-electron chi connectivity index (χ3n) is 20.4. The lowest BCUT2D eigenvalue weighted by atomic mass is 9.39. The highest BCUT2D eigenvalue weighted by Crippen LogP contribution is 2.72. The van der Waals surface area contributed by atoms with Crippen molar-refractivity contribution in [3.05, 3.63) is 125 Å². The first kappa shape index (κ1) is 68.9. The number of nitrogens with one attached hydrogen (secondary N) is 5. The van der Waals surface area contributed by atoms with Crippen LogP contribution in [0.25, 0.3) is 21.3 Å². The maximum absolute atomic E-state index is 14.7. The van der Waals surface area contributed by atoms with E-state index in [1.54, 1.807) is 58.3 Å². The number of nitrogens with zero attached hydrogens (tertiary/aromatic N) is 7. The van der Waals surface area contributed by atoms with Gasteiger partial charge in [-0.2, -0.15) is 5.10 Å². The van der Waals surface area contributed by atoms with Crippen molar-refractivity contribution in [2.45, 2.75) is 162 Å². The average Bonchev–Trinajstić information content (AvgIpc) is 0.720. The first-order chi connectivity index (χ1) is 46.9. The lowest BCUT2D eigenvalue weighted by Gasteiger charge is -2.69. The summed E-state index contributed by atoms with van der Waals surface area (Å²) in [5.41, 5.74) is 7.02. The number of alkyl carbamates (subject to hydrolysis) is 1. The molecular formula is C73H88N12O12S. The third-order valence-corrected chi connectivity index (χ3v) is 21.3. The van der Waals surface area contributed by atoms with Crippen LogP contribution in [0.1, 0.15) is 148 Å². The normalized spacial score (nSPS) is 22.9. The number of unbranched alkanes of at least 4 members (excludes halogenated alkanes) is 2. The number of hydrogen-bond donors (Lipinski definition) is 6. The number of fused-ring (bicyclic) bond motifs is 2. The fourth-order valence-electron chi connectivity index (χ4n) is 16.9. The molecule has 6 aromatic rings. The predicted octanol–water partition coefficient (Wildman–Crippen LogP) is 9.73. The number of carboxylic acid groups (broad SMARTS) is 1. The SMILES string of the molecule is COCCOC12CC3(C)CC(C)(CC(Cn4ncc(-c5ccc(N6CCc7cc(N8CC[C@@H](NC(=O)OCc9ccc(NC(=O)[C@H](C)NC(=O)[C@@H](NC(=O)CCCCCN%10C(=O)C=CC%10=O)C(C)C)cc9)C8)cc(C(=O)Nc8nc9ccccc9s8)c7C6)nc5C(=O)O)c4C)(C3)C1)C2. The third kappa shape index (κ3) is 15.3.